The maximum atomic E-state index is 5.72. The Bertz CT molecular complexity index is 114. The Morgan fingerprint density at radius 2 is 2.45 bits per heavy atom. The van der Waals surface area contributed by atoms with E-state index in [-0.39, 0.29) is 0 Å². The zero-order chi connectivity index (χ0) is 8.27. The van der Waals surface area contributed by atoms with E-state index in [4.69, 9.17) is 5.73 Å². The topological polar surface area (TPSA) is 41.3 Å². The van der Waals surface area contributed by atoms with Crippen LogP contribution in [0.3, 0.4) is 0 Å². The molecule has 1 fully saturated rings. The van der Waals surface area contributed by atoms with E-state index in [2.05, 4.69) is 24.1 Å². The molecule has 1 heterocycles. The molecule has 0 amide bonds. The summed E-state index contributed by atoms with van der Waals surface area (Å²) in [6.07, 6.45) is 0. The summed E-state index contributed by atoms with van der Waals surface area (Å²) in [7, 11) is 0. The fraction of sp³-hybridized carbons (Fsp3) is 1.00. The Hall–Kier alpha value is -0.120. The van der Waals surface area contributed by atoms with E-state index in [1.165, 1.54) is 0 Å². The lowest BCUT2D eigenvalue weighted by molar-refractivity contribution is 0.166. The number of hydrogen-bond acceptors (Lipinski definition) is 3. The van der Waals surface area contributed by atoms with Gasteiger partial charge in [0.15, 0.2) is 0 Å². The molecule has 1 rings (SSSR count). The molecular formula is C8H19N3. The van der Waals surface area contributed by atoms with Crippen LogP contribution in [0, 0.1) is 0 Å². The van der Waals surface area contributed by atoms with Crippen LogP contribution in [0.15, 0.2) is 0 Å². The van der Waals surface area contributed by atoms with E-state index in [0.717, 1.165) is 26.2 Å². The van der Waals surface area contributed by atoms with Crippen LogP contribution in [0.5, 0.6) is 0 Å². The van der Waals surface area contributed by atoms with Crippen molar-refractivity contribution in [2.45, 2.75) is 25.9 Å². The number of rotatable bonds is 2. The van der Waals surface area contributed by atoms with Gasteiger partial charge in [0.25, 0.3) is 0 Å². The molecule has 3 nitrogen and oxygen atoms in total. The summed E-state index contributed by atoms with van der Waals surface area (Å²) < 4.78 is 0. The molecule has 66 valence electrons. The highest BCUT2D eigenvalue weighted by atomic mass is 15.2. The average Bonchev–Trinajstić information content (AvgIpc) is 1.93. The van der Waals surface area contributed by atoms with Crippen molar-refractivity contribution >= 4 is 0 Å². The average molecular weight is 157 g/mol. The summed E-state index contributed by atoms with van der Waals surface area (Å²) in [6, 6.07) is 0.949. The molecule has 2 unspecified atom stereocenters. The SMILES string of the molecule is CC(N)CN1CCNCC1C. The second-order valence-corrected chi connectivity index (χ2v) is 3.53. The van der Waals surface area contributed by atoms with Gasteiger partial charge < -0.3 is 11.1 Å². The Morgan fingerprint density at radius 1 is 1.73 bits per heavy atom. The molecule has 3 N–H and O–H groups in total. The lowest BCUT2D eigenvalue weighted by Gasteiger charge is -2.34. The van der Waals surface area contributed by atoms with Gasteiger partial charge in [-0.2, -0.15) is 0 Å². The molecule has 2 atom stereocenters. The van der Waals surface area contributed by atoms with Crippen LogP contribution in [0.4, 0.5) is 0 Å². The van der Waals surface area contributed by atoms with E-state index < -0.39 is 0 Å². The predicted octanol–water partition coefficient (Wildman–Crippen LogP) is -0.373. The third-order valence-corrected chi connectivity index (χ3v) is 2.16. The van der Waals surface area contributed by atoms with Crippen molar-refractivity contribution in [3.63, 3.8) is 0 Å². The minimum atomic E-state index is 0.301. The number of hydrogen-bond donors (Lipinski definition) is 2. The maximum absolute atomic E-state index is 5.72. The van der Waals surface area contributed by atoms with Crippen LogP contribution in [0.1, 0.15) is 13.8 Å². The van der Waals surface area contributed by atoms with Crippen molar-refractivity contribution in [1.82, 2.24) is 10.2 Å². The summed E-state index contributed by atoms with van der Waals surface area (Å²) in [5.74, 6) is 0. The molecule has 11 heavy (non-hydrogen) atoms. The quantitative estimate of drug-likeness (QED) is 0.574. The van der Waals surface area contributed by atoms with E-state index in [0.29, 0.717) is 12.1 Å². The second-order valence-electron chi connectivity index (χ2n) is 3.53. The summed E-state index contributed by atoms with van der Waals surface area (Å²) in [5, 5.41) is 3.36. The first kappa shape index (κ1) is 8.97. The van der Waals surface area contributed by atoms with Gasteiger partial charge in [-0.1, -0.05) is 0 Å². The lowest BCUT2D eigenvalue weighted by Crippen LogP contribution is -2.52. The van der Waals surface area contributed by atoms with E-state index in [1.54, 1.807) is 0 Å². The van der Waals surface area contributed by atoms with Crippen molar-refractivity contribution in [2.75, 3.05) is 26.2 Å². The summed E-state index contributed by atoms with van der Waals surface area (Å²) in [4.78, 5) is 2.45. The van der Waals surface area contributed by atoms with Crippen molar-refractivity contribution in [2.24, 2.45) is 5.73 Å². The van der Waals surface area contributed by atoms with E-state index in [9.17, 15) is 0 Å². The zero-order valence-electron chi connectivity index (χ0n) is 7.51. The fourth-order valence-electron chi connectivity index (χ4n) is 1.52. The molecule has 3 heteroatoms. The molecular weight excluding hydrogens is 138 g/mol. The number of nitrogens with one attached hydrogen (secondary N) is 1. The highest BCUT2D eigenvalue weighted by Gasteiger charge is 2.17. The van der Waals surface area contributed by atoms with Crippen molar-refractivity contribution in [3.05, 3.63) is 0 Å². The second kappa shape index (κ2) is 4.04. The first-order valence-electron chi connectivity index (χ1n) is 4.40. The van der Waals surface area contributed by atoms with Gasteiger partial charge in [-0.15, -0.1) is 0 Å². The molecule has 1 aliphatic heterocycles. The molecule has 0 aromatic rings. The summed E-state index contributed by atoms with van der Waals surface area (Å²) >= 11 is 0. The monoisotopic (exact) mass is 157 g/mol. The van der Waals surface area contributed by atoms with Crippen LogP contribution in [-0.2, 0) is 0 Å². The standard InChI is InChI=1S/C8H19N3/c1-7(9)6-11-4-3-10-5-8(11)2/h7-8,10H,3-6,9H2,1-2H3. The Labute approximate surface area is 68.9 Å². The van der Waals surface area contributed by atoms with Crippen LogP contribution in [0.25, 0.3) is 0 Å². The maximum Gasteiger partial charge on any atom is 0.0193 e. The molecule has 0 aromatic carbocycles. The normalized spacial score (nSPS) is 30.3. The smallest absolute Gasteiger partial charge is 0.0193 e. The minimum absolute atomic E-state index is 0.301. The molecule has 0 spiro atoms. The number of nitrogens with two attached hydrogens (primary N) is 1. The van der Waals surface area contributed by atoms with Crippen LogP contribution < -0.4 is 11.1 Å². The largest absolute Gasteiger partial charge is 0.327 e. The predicted molar refractivity (Wildman–Crippen MR) is 47.6 cm³/mol. The van der Waals surface area contributed by atoms with Crippen LogP contribution in [-0.4, -0.2) is 43.2 Å². The van der Waals surface area contributed by atoms with E-state index >= 15 is 0 Å². The third kappa shape index (κ3) is 2.77. The van der Waals surface area contributed by atoms with Crippen molar-refractivity contribution in [1.29, 1.82) is 0 Å². The Balaban J connectivity index is 2.29. The van der Waals surface area contributed by atoms with Crippen molar-refractivity contribution < 1.29 is 0 Å². The minimum Gasteiger partial charge on any atom is -0.327 e. The number of piperazine rings is 1. The molecule has 1 aliphatic rings. The van der Waals surface area contributed by atoms with E-state index in [1.807, 2.05) is 0 Å². The van der Waals surface area contributed by atoms with Gasteiger partial charge in [-0.25, -0.2) is 0 Å². The summed E-state index contributed by atoms with van der Waals surface area (Å²) in [5.41, 5.74) is 5.72. The van der Waals surface area contributed by atoms with Gasteiger partial charge in [0.2, 0.25) is 0 Å². The molecule has 0 aliphatic carbocycles. The summed E-state index contributed by atoms with van der Waals surface area (Å²) in [6.45, 7) is 8.69. The first-order valence-corrected chi connectivity index (χ1v) is 4.40. The van der Waals surface area contributed by atoms with Crippen LogP contribution >= 0.6 is 0 Å². The lowest BCUT2D eigenvalue weighted by atomic mass is 10.2. The Morgan fingerprint density at radius 3 is 3.00 bits per heavy atom. The van der Waals surface area contributed by atoms with Crippen molar-refractivity contribution in [3.8, 4) is 0 Å². The molecule has 0 saturated carbocycles. The van der Waals surface area contributed by atoms with Gasteiger partial charge in [-0.05, 0) is 13.8 Å². The van der Waals surface area contributed by atoms with Gasteiger partial charge in [0.05, 0.1) is 0 Å². The molecule has 1 saturated heterocycles. The molecule has 0 aromatic heterocycles. The third-order valence-electron chi connectivity index (χ3n) is 2.16. The zero-order valence-corrected chi connectivity index (χ0v) is 7.51. The van der Waals surface area contributed by atoms with Crippen LogP contribution in [0.2, 0.25) is 0 Å². The van der Waals surface area contributed by atoms with Gasteiger partial charge in [0.1, 0.15) is 0 Å². The highest BCUT2D eigenvalue weighted by Crippen LogP contribution is 2.01. The highest BCUT2D eigenvalue weighted by molar-refractivity contribution is 4.77. The Kier molecular flexibility index (Phi) is 3.30. The first-order chi connectivity index (χ1) is 5.20. The van der Waals surface area contributed by atoms with Gasteiger partial charge in [-0.3, -0.25) is 4.90 Å². The molecule has 0 bridgehead atoms. The fourth-order valence-corrected chi connectivity index (χ4v) is 1.52. The van der Waals surface area contributed by atoms with Gasteiger partial charge >= 0.3 is 0 Å². The number of nitrogens with zero attached hydrogens (tertiary/aromatic N) is 1. The molecule has 0 radical (unpaired) electrons. The van der Waals surface area contributed by atoms with Gasteiger partial charge in [0, 0.05) is 38.3 Å².